The number of hydrogen-bond acceptors (Lipinski definition) is 9. The fourth-order valence-electron chi connectivity index (χ4n) is 22.1. The van der Waals surface area contributed by atoms with E-state index in [-0.39, 0.29) is 0 Å². The van der Waals surface area contributed by atoms with Crippen LogP contribution in [-0.4, -0.2) is 0 Å². The summed E-state index contributed by atoms with van der Waals surface area (Å²) in [6, 6.07) is 189. The molecule has 0 amide bonds. The molecule has 0 saturated heterocycles. The van der Waals surface area contributed by atoms with Crippen LogP contribution in [0.5, 0.6) is 0 Å². The molecule has 0 N–H and O–H groups in total. The van der Waals surface area contributed by atoms with Gasteiger partial charge in [0.15, 0.2) is 16.7 Å². The van der Waals surface area contributed by atoms with E-state index in [9.17, 15) is 0 Å². The Morgan fingerprint density at radius 1 is 0.150 bits per heavy atom. The normalized spacial score (nSPS) is 11.7. The quantitative estimate of drug-likeness (QED) is 0.102. The van der Waals surface area contributed by atoms with Gasteiger partial charge in [0, 0.05) is 129 Å². The lowest BCUT2D eigenvalue weighted by Crippen LogP contribution is -2.10. The summed E-state index contributed by atoms with van der Waals surface area (Å²) >= 11 is 5.44. The van der Waals surface area contributed by atoms with Crippen LogP contribution in [0.2, 0.25) is 0 Å². The van der Waals surface area contributed by atoms with Crippen LogP contribution < -0.4 is 14.7 Å². The summed E-state index contributed by atoms with van der Waals surface area (Å²) in [5, 5.41) is 21.8. The highest BCUT2D eigenvalue weighted by Crippen LogP contribution is 2.54. The molecule has 0 saturated carbocycles. The van der Waals surface area contributed by atoms with Gasteiger partial charge in [-0.15, -0.1) is 34.0 Å². The van der Waals surface area contributed by atoms with Crippen molar-refractivity contribution in [2.24, 2.45) is 0 Å². The van der Waals surface area contributed by atoms with E-state index in [2.05, 4.69) is 542 Å². The molecule has 0 radical (unpaired) electrons. The molecule has 0 aliphatic carbocycles. The molecule has 30 aromatic rings. The van der Waals surface area contributed by atoms with E-state index < -0.39 is 0 Å². The molecule has 6 heterocycles. The Morgan fingerprint density at radius 3 is 0.952 bits per heavy atom. The Morgan fingerprint density at radius 2 is 0.463 bits per heavy atom. The van der Waals surface area contributed by atoms with Crippen molar-refractivity contribution in [2.45, 2.75) is 0 Å². The first-order chi connectivity index (χ1) is 72.9. The van der Waals surface area contributed by atoms with Gasteiger partial charge in [0.1, 0.15) is 16.7 Å². The van der Waals surface area contributed by atoms with Crippen LogP contribution in [0.15, 0.2) is 541 Å². The van der Waals surface area contributed by atoms with Crippen LogP contribution in [0.4, 0.5) is 51.2 Å². The summed E-state index contributed by atoms with van der Waals surface area (Å²) in [7, 11) is 0. The maximum absolute atomic E-state index is 6.69. The van der Waals surface area contributed by atoms with Gasteiger partial charge in [-0.1, -0.05) is 370 Å². The summed E-state index contributed by atoms with van der Waals surface area (Å²) in [6.45, 7) is 0. The Kier molecular flexibility index (Phi) is 21.4. The third kappa shape index (κ3) is 15.3. The van der Waals surface area contributed by atoms with Gasteiger partial charge in [0.2, 0.25) is 0 Å². The third-order valence-corrected chi connectivity index (χ3v) is 32.5. The van der Waals surface area contributed by atoms with Crippen molar-refractivity contribution in [1.29, 1.82) is 0 Å². The number of nitrogens with zero attached hydrogens (tertiary/aromatic N) is 3. The summed E-state index contributed by atoms with van der Waals surface area (Å²) < 4.78 is 27.4. The van der Waals surface area contributed by atoms with Gasteiger partial charge >= 0.3 is 0 Å². The third-order valence-electron chi connectivity index (χ3n) is 29.0. The molecule has 30 rings (SSSR count). The van der Waals surface area contributed by atoms with Crippen LogP contribution >= 0.6 is 34.0 Å². The molecular formula is C138H87N3O3S3. The monoisotopic (exact) mass is 1930 g/mol. The maximum atomic E-state index is 6.69. The van der Waals surface area contributed by atoms with Crippen LogP contribution in [0, 0.1) is 0 Å². The SMILES string of the molecule is c1cc(-c2cc3c4ccccc4sc3c3oc4ccccc4c23)cc(N(c2ccc(-c3ccc4ccccc4c3)cc2)c2cccc3ccccc23)c1.c1ccc(-c2ccc(N(c3ccc(-c4ccccc4)cc3)c3ccc(-c4cc5c6ccccc6sc5c5oc6ccccc6c45)cc3)cc2)cc1.c1ccc(N(c2ccccc2)c2ccc(-c3cc4c5ccccc5sc4c4oc5ccccc5c34)c3ccccc23)cc1. The number of thiophene rings is 3. The number of benzene rings is 24. The van der Waals surface area contributed by atoms with Crippen LogP contribution in [0.3, 0.4) is 0 Å². The van der Waals surface area contributed by atoms with Gasteiger partial charge in [-0.25, -0.2) is 0 Å². The highest BCUT2D eigenvalue weighted by molar-refractivity contribution is 7.27. The molecule has 0 fully saturated rings. The summed E-state index contributed by atoms with van der Waals surface area (Å²) in [5.74, 6) is 0. The first-order valence-corrected chi connectivity index (χ1v) is 52.2. The lowest BCUT2D eigenvalue weighted by molar-refractivity contribution is 0.673. The van der Waals surface area contributed by atoms with Crippen molar-refractivity contribution in [3.05, 3.63) is 528 Å². The zero-order chi connectivity index (χ0) is 96.9. The second-order valence-electron chi connectivity index (χ2n) is 37.5. The van der Waals surface area contributed by atoms with Gasteiger partial charge < -0.3 is 28.0 Å². The number of hydrogen-bond donors (Lipinski definition) is 0. The fourth-order valence-corrected chi connectivity index (χ4v) is 25.6. The first kappa shape index (κ1) is 86.4. The minimum atomic E-state index is 0.911. The standard InChI is InChI=1S/C50H31NOS.C48H31NOS.C40H25NOS/c1-2-13-35-29-36(24-23-32(35)11-1)33-25-27-38(28-26-33)51(45-20-10-14-34-12-3-4-17-40(34)45)39-16-9-15-37(30-39)43-31-44-41-18-6-8-22-47(41)53-50(44)49-48(43)42-19-5-7-21-46(42)52-49;1-3-11-32(12-4-1)34-19-25-37(26-20-34)49(38-27-21-35(22-28-38)33-13-5-2-6-14-33)39-29-23-36(24-30-39)42-31-43-40-15-8-10-18-45(40)51-48(43)47-46(42)41-16-7-9-17-44(41)50-47;1-3-13-26(14-4-1)41(27-15-5-2-6-16-27)35-24-23-29(28-17-7-8-18-30(28)35)33-25-34-31-19-10-12-22-37(31)43-40(34)39-38(33)32-20-9-11-21-36(32)42-39/h1-31H;1-31H;1-25H. The van der Waals surface area contributed by atoms with Gasteiger partial charge in [-0.3, -0.25) is 0 Å². The van der Waals surface area contributed by atoms with Gasteiger partial charge in [0.25, 0.3) is 0 Å². The minimum Gasteiger partial charge on any atom is -0.455 e. The summed E-state index contributed by atoms with van der Waals surface area (Å²) in [5.41, 5.74) is 29.9. The average Bonchev–Trinajstić information content (AvgIpc) is 1.57. The van der Waals surface area contributed by atoms with E-state index in [0.29, 0.717) is 0 Å². The number of rotatable bonds is 15. The number of fused-ring (bicyclic) bond motifs is 24. The molecule has 690 valence electrons. The van der Waals surface area contributed by atoms with Gasteiger partial charge in [-0.2, -0.15) is 0 Å². The second-order valence-corrected chi connectivity index (χ2v) is 40.6. The zero-order valence-electron chi connectivity index (χ0n) is 79.5. The molecular weight excluding hydrogens is 1840 g/mol. The van der Waals surface area contributed by atoms with Crippen molar-refractivity contribution in [3.8, 4) is 66.8 Å². The van der Waals surface area contributed by atoms with E-state index >= 15 is 0 Å². The van der Waals surface area contributed by atoms with Crippen molar-refractivity contribution >= 4 is 244 Å². The van der Waals surface area contributed by atoms with Crippen molar-refractivity contribution in [1.82, 2.24) is 0 Å². The van der Waals surface area contributed by atoms with Crippen LogP contribution in [0.25, 0.3) is 225 Å². The molecule has 9 heteroatoms. The number of furan rings is 3. The molecule has 0 aliphatic heterocycles. The van der Waals surface area contributed by atoms with E-state index in [1.165, 1.54) is 159 Å². The smallest absolute Gasteiger partial charge is 0.153 e. The molecule has 0 spiro atoms. The second kappa shape index (κ2) is 36.5. The Balaban J connectivity index is 0.000000107. The molecule has 6 nitrogen and oxygen atoms in total. The highest BCUT2D eigenvalue weighted by Gasteiger charge is 2.28. The van der Waals surface area contributed by atoms with E-state index in [0.717, 1.165) is 117 Å². The molecule has 0 bridgehead atoms. The largest absolute Gasteiger partial charge is 0.455 e. The Labute approximate surface area is 859 Å². The maximum Gasteiger partial charge on any atom is 0.153 e. The number of anilines is 9. The lowest BCUT2D eigenvalue weighted by Gasteiger charge is -2.27. The van der Waals surface area contributed by atoms with Gasteiger partial charge in [-0.05, 0) is 246 Å². The fraction of sp³-hybridized carbons (Fsp3) is 0. The van der Waals surface area contributed by atoms with E-state index in [1.807, 2.05) is 34.0 Å². The molecule has 0 unspecified atom stereocenters. The van der Waals surface area contributed by atoms with Gasteiger partial charge in [0.05, 0.1) is 25.5 Å². The lowest BCUT2D eigenvalue weighted by atomic mass is 9.92. The topological polar surface area (TPSA) is 49.1 Å². The van der Waals surface area contributed by atoms with Crippen molar-refractivity contribution in [3.63, 3.8) is 0 Å². The van der Waals surface area contributed by atoms with E-state index in [4.69, 9.17) is 13.3 Å². The summed E-state index contributed by atoms with van der Waals surface area (Å²) in [6.07, 6.45) is 0. The zero-order valence-corrected chi connectivity index (χ0v) is 82.0. The molecule has 6 aromatic heterocycles. The Bertz CT molecular complexity index is 10200. The Hall–Kier alpha value is -18.5. The van der Waals surface area contributed by atoms with Crippen molar-refractivity contribution < 1.29 is 13.3 Å². The van der Waals surface area contributed by atoms with Crippen LogP contribution in [0.1, 0.15) is 0 Å². The minimum absolute atomic E-state index is 0.911. The van der Waals surface area contributed by atoms with Crippen molar-refractivity contribution in [2.75, 3.05) is 14.7 Å². The van der Waals surface area contributed by atoms with E-state index in [1.54, 1.807) is 0 Å². The highest BCUT2D eigenvalue weighted by atomic mass is 32.1. The van der Waals surface area contributed by atoms with Crippen LogP contribution in [-0.2, 0) is 0 Å². The molecule has 147 heavy (non-hydrogen) atoms. The molecule has 0 atom stereocenters. The average molecular weight is 1930 g/mol. The predicted molar refractivity (Wildman–Crippen MR) is 629 cm³/mol. The first-order valence-electron chi connectivity index (χ1n) is 49.8. The predicted octanol–water partition coefficient (Wildman–Crippen LogP) is 41.7. The molecule has 24 aromatic carbocycles. The molecule has 0 aliphatic rings. The summed E-state index contributed by atoms with van der Waals surface area (Å²) in [4.78, 5) is 7.09. The number of para-hydroxylation sites is 5.